The summed E-state index contributed by atoms with van der Waals surface area (Å²) < 4.78 is 62.4. The van der Waals surface area contributed by atoms with Gasteiger partial charge in [-0.05, 0) is 24.0 Å². The molecule has 0 aromatic heterocycles. The van der Waals surface area contributed by atoms with Gasteiger partial charge in [-0.25, -0.2) is 8.78 Å². The minimum atomic E-state index is -4.75. The first-order chi connectivity index (χ1) is 7.73. The van der Waals surface area contributed by atoms with E-state index in [1.165, 1.54) is 19.1 Å². The highest BCUT2D eigenvalue weighted by molar-refractivity contribution is 5.22. The Morgan fingerprint density at radius 2 is 1.82 bits per heavy atom. The predicted octanol–water partition coefficient (Wildman–Crippen LogP) is 3.38. The van der Waals surface area contributed by atoms with Gasteiger partial charge in [0.15, 0.2) is 11.6 Å². The highest BCUT2D eigenvalue weighted by atomic mass is 19.4. The molecule has 0 radical (unpaired) electrons. The maximum atomic E-state index is 13.3. The smallest absolute Gasteiger partial charge is 0.384 e. The first-order valence-electron chi connectivity index (χ1n) is 4.92. The van der Waals surface area contributed by atoms with E-state index >= 15 is 0 Å². The molecule has 0 saturated heterocycles. The lowest BCUT2D eigenvalue weighted by molar-refractivity contribution is -0.206. The standard InChI is InChI=1S/C11H11F5O/c1-6(5-9(17)11(14,15)16)7-3-2-4-8(12)10(7)13/h2-4,6,9,17H,5H2,1H3/t6-,9-/m1/s1. The van der Waals surface area contributed by atoms with Gasteiger partial charge in [-0.1, -0.05) is 19.1 Å². The molecule has 0 unspecified atom stereocenters. The number of hydrogen-bond acceptors (Lipinski definition) is 1. The molecule has 0 aliphatic carbocycles. The molecule has 0 aliphatic rings. The molecule has 1 N–H and O–H groups in total. The second-order valence-electron chi connectivity index (χ2n) is 3.84. The van der Waals surface area contributed by atoms with Crippen molar-refractivity contribution < 1.29 is 27.1 Å². The average molecular weight is 254 g/mol. The van der Waals surface area contributed by atoms with Crippen molar-refractivity contribution in [2.75, 3.05) is 0 Å². The topological polar surface area (TPSA) is 20.2 Å². The minimum Gasteiger partial charge on any atom is -0.384 e. The van der Waals surface area contributed by atoms with E-state index < -0.39 is 36.3 Å². The average Bonchev–Trinajstić information content (AvgIpc) is 2.20. The van der Waals surface area contributed by atoms with Crippen LogP contribution in [0.5, 0.6) is 0 Å². The zero-order valence-electron chi connectivity index (χ0n) is 8.93. The van der Waals surface area contributed by atoms with Gasteiger partial charge >= 0.3 is 6.18 Å². The van der Waals surface area contributed by atoms with E-state index in [9.17, 15) is 22.0 Å². The Labute approximate surface area is 94.9 Å². The Morgan fingerprint density at radius 1 is 1.24 bits per heavy atom. The number of benzene rings is 1. The molecule has 2 atom stereocenters. The fourth-order valence-corrected chi connectivity index (χ4v) is 1.50. The van der Waals surface area contributed by atoms with Crippen LogP contribution in [0.1, 0.15) is 24.8 Å². The quantitative estimate of drug-likeness (QED) is 0.820. The first kappa shape index (κ1) is 13.9. The monoisotopic (exact) mass is 254 g/mol. The Bertz CT molecular complexity index is 388. The summed E-state index contributed by atoms with van der Waals surface area (Å²) in [5.41, 5.74) is -0.173. The summed E-state index contributed by atoms with van der Waals surface area (Å²) in [5.74, 6) is -3.22. The van der Waals surface area contributed by atoms with Crippen LogP contribution in [0.15, 0.2) is 18.2 Å². The van der Waals surface area contributed by atoms with Crippen molar-refractivity contribution in [3.05, 3.63) is 35.4 Å². The minimum absolute atomic E-state index is 0.173. The van der Waals surface area contributed by atoms with Crippen LogP contribution in [-0.4, -0.2) is 17.4 Å². The molecule has 1 aromatic rings. The van der Waals surface area contributed by atoms with Crippen molar-refractivity contribution in [2.45, 2.75) is 31.5 Å². The molecule has 0 saturated carbocycles. The number of rotatable bonds is 3. The summed E-state index contributed by atoms with van der Waals surface area (Å²) in [6.45, 7) is 1.30. The molecule has 0 aliphatic heterocycles. The fraction of sp³-hybridized carbons (Fsp3) is 0.455. The molecule has 0 bridgehead atoms. The van der Waals surface area contributed by atoms with Crippen LogP contribution in [0, 0.1) is 11.6 Å². The van der Waals surface area contributed by atoms with Crippen molar-refractivity contribution in [3.63, 3.8) is 0 Å². The predicted molar refractivity (Wildman–Crippen MR) is 51.5 cm³/mol. The lowest BCUT2D eigenvalue weighted by atomic mass is 9.94. The van der Waals surface area contributed by atoms with Crippen molar-refractivity contribution in [3.8, 4) is 0 Å². The summed E-state index contributed by atoms with van der Waals surface area (Å²) in [7, 11) is 0. The highest BCUT2D eigenvalue weighted by Crippen LogP contribution is 2.30. The molecule has 96 valence electrons. The summed E-state index contributed by atoms with van der Waals surface area (Å²) >= 11 is 0. The van der Waals surface area contributed by atoms with Gasteiger partial charge < -0.3 is 5.11 Å². The third-order valence-corrected chi connectivity index (χ3v) is 2.47. The SMILES string of the molecule is C[C@H](C[C@@H](O)C(F)(F)F)c1cccc(F)c1F. The lowest BCUT2D eigenvalue weighted by Gasteiger charge is -2.19. The maximum absolute atomic E-state index is 13.3. The molecule has 0 spiro atoms. The van der Waals surface area contributed by atoms with E-state index in [-0.39, 0.29) is 5.56 Å². The van der Waals surface area contributed by atoms with Gasteiger partial charge in [0.2, 0.25) is 0 Å². The van der Waals surface area contributed by atoms with E-state index in [1.54, 1.807) is 0 Å². The van der Waals surface area contributed by atoms with Crippen LogP contribution in [0.3, 0.4) is 0 Å². The van der Waals surface area contributed by atoms with Crippen LogP contribution in [0.4, 0.5) is 22.0 Å². The summed E-state index contributed by atoms with van der Waals surface area (Å²) in [6.07, 6.45) is -8.00. The molecule has 1 aromatic carbocycles. The molecular weight excluding hydrogens is 243 g/mol. The van der Waals surface area contributed by atoms with Crippen molar-refractivity contribution in [1.29, 1.82) is 0 Å². The van der Waals surface area contributed by atoms with E-state index in [2.05, 4.69) is 0 Å². The van der Waals surface area contributed by atoms with Crippen LogP contribution in [0.25, 0.3) is 0 Å². The fourth-order valence-electron chi connectivity index (χ4n) is 1.50. The van der Waals surface area contributed by atoms with Gasteiger partial charge in [0, 0.05) is 0 Å². The summed E-state index contributed by atoms with van der Waals surface area (Å²) in [5, 5.41) is 8.84. The van der Waals surface area contributed by atoms with Crippen LogP contribution >= 0.6 is 0 Å². The van der Waals surface area contributed by atoms with Crippen molar-refractivity contribution >= 4 is 0 Å². The summed E-state index contributed by atoms with van der Waals surface area (Å²) in [4.78, 5) is 0. The van der Waals surface area contributed by atoms with Gasteiger partial charge in [0.1, 0.15) is 6.10 Å². The van der Waals surface area contributed by atoms with Crippen LogP contribution in [0.2, 0.25) is 0 Å². The van der Waals surface area contributed by atoms with Gasteiger partial charge in [0.25, 0.3) is 0 Å². The van der Waals surface area contributed by atoms with E-state index in [0.29, 0.717) is 0 Å². The molecule has 1 nitrogen and oxygen atoms in total. The number of alkyl halides is 3. The zero-order valence-corrected chi connectivity index (χ0v) is 8.93. The lowest BCUT2D eigenvalue weighted by Crippen LogP contribution is -2.29. The first-order valence-corrected chi connectivity index (χ1v) is 4.92. The van der Waals surface area contributed by atoms with Gasteiger partial charge in [0.05, 0.1) is 0 Å². The van der Waals surface area contributed by atoms with Gasteiger partial charge in [-0.15, -0.1) is 0 Å². The Hall–Kier alpha value is -1.17. The molecule has 1 rings (SSSR count). The third kappa shape index (κ3) is 3.39. The zero-order chi connectivity index (χ0) is 13.2. The van der Waals surface area contributed by atoms with E-state index in [0.717, 1.165) is 6.07 Å². The molecular formula is C11H11F5O. The number of halogens is 5. The Morgan fingerprint density at radius 3 is 2.35 bits per heavy atom. The molecule has 0 amide bonds. The second kappa shape index (κ2) is 5.00. The number of hydrogen-bond donors (Lipinski definition) is 1. The van der Waals surface area contributed by atoms with Crippen molar-refractivity contribution in [2.24, 2.45) is 0 Å². The van der Waals surface area contributed by atoms with Crippen LogP contribution < -0.4 is 0 Å². The largest absolute Gasteiger partial charge is 0.414 e. The van der Waals surface area contributed by atoms with E-state index in [4.69, 9.17) is 5.11 Å². The van der Waals surface area contributed by atoms with Crippen LogP contribution in [-0.2, 0) is 0 Å². The number of aliphatic hydroxyl groups excluding tert-OH is 1. The maximum Gasteiger partial charge on any atom is 0.414 e. The van der Waals surface area contributed by atoms with Gasteiger partial charge in [-0.3, -0.25) is 0 Å². The molecule has 17 heavy (non-hydrogen) atoms. The Balaban J connectivity index is 2.84. The second-order valence-corrected chi connectivity index (χ2v) is 3.84. The molecule has 0 heterocycles. The molecule has 0 fully saturated rings. The normalized spacial score (nSPS) is 15.7. The number of aliphatic hydroxyl groups is 1. The molecule has 6 heteroatoms. The van der Waals surface area contributed by atoms with E-state index in [1.807, 2.05) is 0 Å². The summed E-state index contributed by atoms with van der Waals surface area (Å²) in [6, 6.07) is 3.29. The highest BCUT2D eigenvalue weighted by Gasteiger charge is 2.39. The van der Waals surface area contributed by atoms with Gasteiger partial charge in [-0.2, -0.15) is 13.2 Å². The van der Waals surface area contributed by atoms with Crippen molar-refractivity contribution in [1.82, 2.24) is 0 Å². The Kier molecular flexibility index (Phi) is 4.08. The third-order valence-electron chi connectivity index (χ3n) is 2.47.